The normalized spacial score (nSPS) is 12.0. The van der Waals surface area contributed by atoms with E-state index in [-0.39, 0.29) is 30.1 Å². The fourth-order valence-electron chi connectivity index (χ4n) is 2.61. The number of hydrogen-bond donors (Lipinski definition) is 2. The molecule has 0 fully saturated rings. The maximum absolute atomic E-state index is 5.89. The molecule has 29 heavy (non-hydrogen) atoms. The predicted octanol–water partition coefficient (Wildman–Crippen LogP) is 4.48. The van der Waals surface area contributed by atoms with Crippen molar-refractivity contribution in [2.24, 2.45) is 4.99 Å². The summed E-state index contributed by atoms with van der Waals surface area (Å²) in [7, 11) is 0. The van der Waals surface area contributed by atoms with Crippen LogP contribution >= 0.6 is 24.0 Å². The molecule has 0 aliphatic carbocycles. The molecular formula is C22H27IN4O2. The highest BCUT2D eigenvalue weighted by atomic mass is 127. The molecule has 0 aliphatic rings. The molecule has 0 amide bonds. The highest BCUT2D eigenvalue weighted by Gasteiger charge is 2.08. The van der Waals surface area contributed by atoms with Gasteiger partial charge in [0, 0.05) is 12.1 Å². The summed E-state index contributed by atoms with van der Waals surface area (Å²) in [6, 6.07) is 19.6. The maximum atomic E-state index is 5.89. The average Bonchev–Trinajstić information content (AvgIpc) is 3.20. The van der Waals surface area contributed by atoms with E-state index in [4.69, 9.17) is 9.15 Å². The highest BCUT2D eigenvalue weighted by molar-refractivity contribution is 14.0. The third kappa shape index (κ3) is 7.41. The van der Waals surface area contributed by atoms with Crippen LogP contribution in [0.25, 0.3) is 11.5 Å². The second kappa shape index (κ2) is 12.1. The highest BCUT2D eigenvalue weighted by Crippen LogP contribution is 2.18. The van der Waals surface area contributed by atoms with E-state index in [2.05, 4.69) is 20.6 Å². The summed E-state index contributed by atoms with van der Waals surface area (Å²) < 4.78 is 11.5. The lowest BCUT2D eigenvalue weighted by Gasteiger charge is -2.17. The fourth-order valence-corrected chi connectivity index (χ4v) is 2.61. The minimum absolute atomic E-state index is 0. The van der Waals surface area contributed by atoms with Crippen molar-refractivity contribution in [3.63, 3.8) is 0 Å². The molecule has 0 aliphatic heterocycles. The number of halogens is 1. The van der Waals surface area contributed by atoms with E-state index in [1.165, 1.54) is 0 Å². The van der Waals surface area contributed by atoms with Crippen LogP contribution < -0.4 is 15.4 Å². The second-order valence-corrected chi connectivity index (χ2v) is 6.33. The van der Waals surface area contributed by atoms with Crippen molar-refractivity contribution in [1.29, 1.82) is 0 Å². The van der Waals surface area contributed by atoms with Crippen molar-refractivity contribution in [1.82, 2.24) is 15.6 Å². The number of oxazole rings is 1. The lowest BCUT2D eigenvalue weighted by Crippen LogP contribution is -2.41. The molecule has 1 aromatic heterocycles. The summed E-state index contributed by atoms with van der Waals surface area (Å²) in [5.74, 6) is 2.18. The Balaban J connectivity index is 0.00000300. The van der Waals surface area contributed by atoms with Crippen molar-refractivity contribution >= 4 is 29.9 Å². The fraction of sp³-hybridized carbons (Fsp3) is 0.273. The first-order valence-corrected chi connectivity index (χ1v) is 9.48. The van der Waals surface area contributed by atoms with Gasteiger partial charge in [0.05, 0.1) is 13.1 Å². The lowest BCUT2D eigenvalue weighted by atomic mass is 10.2. The van der Waals surface area contributed by atoms with Crippen LogP contribution in [0.2, 0.25) is 0 Å². The quantitative estimate of drug-likeness (QED) is 0.268. The van der Waals surface area contributed by atoms with Crippen LogP contribution in [0.4, 0.5) is 0 Å². The van der Waals surface area contributed by atoms with Crippen LogP contribution in [0.3, 0.4) is 0 Å². The van der Waals surface area contributed by atoms with Crippen molar-refractivity contribution in [2.45, 2.75) is 26.5 Å². The number of nitrogens with one attached hydrogen (secondary N) is 2. The van der Waals surface area contributed by atoms with Gasteiger partial charge in [-0.15, -0.1) is 24.0 Å². The topological polar surface area (TPSA) is 71.7 Å². The minimum atomic E-state index is 0. The minimum Gasteiger partial charge on any atom is -0.489 e. The van der Waals surface area contributed by atoms with Crippen LogP contribution in [0.5, 0.6) is 5.75 Å². The van der Waals surface area contributed by atoms with Crippen molar-refractivity contribution in [3.05, 3.63) is 72.6 Å². The zero-order chi connectivity index (χ0) is 19.6. The molecular weight excluding hydrogens is 479 g/mol. The van der Waals surface area contributed by atoms with Crippen LogP contribution in [0.15, 0.2) is 76.3 Å². The number of hydrogen-bond acceptors (Lipinski definition) is 4. The Kier molecular flexibility index (Phi) is 9.49. The van der Waals surface area contributed by atoms with Gasteiger partial charge in [-0.1, -0.05) is 36.4 Å². The molecule has 0 radical (unpaired) electrons. The monoisotopic (exact) mass is 506 g/mol. The second-order valence-electron chi connectivity index (χ2n) is 6.33. The molecule has 0 spiro atoms. The summed E-state index contributed by atoms with van der Waals surface area (Å²) >= 11 is 0. The van der Waals surface area contributed by atoms with Gasteiger partial charge in [-0.05, 0) is 38.1 Å². The van der Waals surface area contributed by atoms with Gasteiger partial charge in [-0.25, -0.2) is 9.98 Å². The Bertz CT molecular complexity index is 869. The van der Waals surface area contributed by atoms with Crippen molar-refractivity contribution in [3.8, 4) is 17.2 Å². The molecule has 1 atom stereocenters. The van der Waals surface area contributed by atoms with Gasteiger partial charge in [0.1, 0.15) is 23.8 Å². The van der Waals surface area contributed by atoms with E-state index in [9.17, 15) is 0 Å². The zero-order valence-corrected chi connectivity index (χ0v) is 19.0. The van der Waals surface area contributed by atoms with Gasteiger partial charge in [0.15, 0.2) is 5.96 Å². The molecule has 7 heteroatoms. The Morgan fingerprint density at radius 1 is 1.07 bits per heavy atom. The van der Waals surface area contributed by atoms with Crippen LogP contribution in [0, 0.1) is 0 Å². The van der Waals surface area contributed by atoms with Crippen LogP contribution in [0.1, 0.15) is 19.5 Å². The van der Waals surface area contributed by atoms with Gasteiger partial charge in [-0.3, -0.25) is 0 Å². The van der Waals surface area contributed by atoms with E-state index in [1.807, 2.05) is 74.5 Å². The number of nitrogens with zero attached hydrogens (tertiary/aromatic N) is 2. The van der Waals surface area contributed by atoms with Crippen molar-refractivity contribution < 1.29 is 9.15 Å². The predicted molar refractivity (Wildman–Crippen MR) is 127 cm³/mol. The third-order valence-corrected chi connectivity index (χ3v) is 3.95. The summed E-state index contributed by atoms with van der Waals surface area (Å²) in [6.07, 6.45) is 1.65. The first-order valence-electron chi connectivity index (χ1n) is 9.48. The molecule has 2 N–H and O–H groups in total. The molecule has 3 aromatic rings. The first kappa shape index (κ1) is 22.7. The molecule has 0 saturated carbocycles. The number of aromatic nitrogens is 1. The number of rotatable bonds is 8. The van der Waals surface area contributed by atoms with Gasteiger partial charge in [-0.2, -0.15) is 0 Å². The zero-order valence-electron chi connectivity index (χ0n) is 16.7. The van der Waals surface area contributed by atoms with Crippen LogP contribution in [-0.4, -0.2) is 30.1 Å². The van der Waals surface area contributed by atoms with E-state index in [1.54, 1.807) is 6.26 Å². The molecule has 6 nitrogen and oxygen atoms in total. The van der Waals surface area contributed by atoms with Gasteiger partial charge in [0.2, 0.25) is 5.89 Å². The standard InChI is InChI=1S/C22H26N4O2.HI/c1-3-23-22(24-14-17(2)28-20-12-8-5-9-13-20)25-15-19-16-27-21(26-19)18-10-6-4-7-11-18;/h4-13,16-17H,3,14-15H2,1-2H3,(H2,23,24,25);1H. The lowest BCUT2D eigenvalue weighted by molar-refractivity contribution is 0.224. The summed E-state index contributed by atoms with van der Waals surface area (Å²) in [6.45, 7) is 5.89. The number of benzene rings is 2. The molecule has 154 valence electrons. The summed E-state index contributed by atoms with van der Waals surface area (Å²) in [5, 5.41) is 6.54. The molecule has 0 saturated heterocycles. The number of para-hydroxylation sites is 1. The average molecular weight is 506 g/mol. The molecule has 1 heterocycles. The SMILES string of the molecule is CCNC(=NCc1coc(-c2ccccc2)n1)NCC(C)Oc1ccccc1.I. The molecule has 3 rings (SSSR count). The van der Waals surface area contributed by atoms with E-state index >= 15 is 0 Å². The number of ether oxygens (including phenoxy) is 1. The molecule has 1 unspecified atom stereocenters. The Morgan fingerprint density at radius 2 is 1.76 bits per heavy atom. The van der Waals surface area contributed by atoms with E-state index in [0.717, 1.165) is 29.5 Å². The number of aliphatic imine (C=N–C) groups is 1. The Hall–Kier alpha value is -2.55. The molecule has 2 aromatic carbocycles. The van der Waals surface area contributed by atoms with Crippen LogP contribution in [-0.2, 0) is 6.54 Å². The summed E-state index contributed by atoms with van der Waals surface area (Å²) in [4.78, 5) is 9.10. The van der Waals surface area contributed by atoms with Gasteiger partial charge >= 0.3 is 0 Å². The third-order valence-electron chi connectivity index (χ3n) is 3.95. The first-order chi connectivity index (χ1) is 13.7. The van der Waals surface area contributed by atoms with E-state index < -0.39 is 0 Å². The number of guanidine groups is 1. The van der Waals surface area contributed by atoms with Crippen molar-refractivity contribution in [2.75, 3.05) is 13.1 Å². The Labute approximate surface area is 188 Å². The van der Waals surface area contributed by atoms with E-state index in [0.29, 0.717) is 19.0 Å². The smallest absolute Gasteiger partial charge is 0.226 e. The maximum Gasteiger partial charge on any atom is 0.226 e. The van der Waals surface area contributed by atoms with Gasteiger partial charge in [0.25, 0.3) is 0 Å². The van der Waals surface area contributed by atoms with Gasteiger partial charge < -0.3 is 19.8 Å². The Morgan fingerprint density at radius 3 is 2.45 bits per heavy atom. The summed E-state index contributed by atoms with van der Waals surface area (Å²) in [5.41, 5.74) is 1.74. The molecule has 0 bridgehead atoms. The largest absolute Gasteiger partial charge is 0.489 e.